The molecule has 0 saturated heterocycles. The Balaban J connectivity index is 0.00000264. The Morgan fingerprint density at radius 2 is 1.57 bits per heavy atom. The number of methoxy groups -OCH3 is 1. The van der Waals surface area contributed by atoms with Crippen molar-refractivity contribution in [3.05, 3.63) is 48.8 Å². The van der Waals surface area contributed by atoms with Gasteiger partial charge in [0.25, 0.3) is 0 Å². The zero-order chi connectivity index (χ0) is 16.2. The highest BCUT2D eigenvalue weighted by Crippen LogP contribution is 2.36. The van der Waals surface area contributed by atoms with Crippen LogP contribution in [-0.2, 0) is 9.53 Å². The second-order valence-corrected chi connectivity index (χ2v) is 5.51. The third kappa shape index (κ3) is 3.62. The molecule has 0 radical (unpaired) electrons. The Morgan fingerprint density at radius 1 is 1.09 bits per heavy atom. The lowest BCUT2D eigenvalue weighted by Gasteiger charge is -2.41. The van der Waals surface area contributed by atoms with E-state index in [9.17, 15) is 4.79 Å². The molecule has 0 aromatic carbocycles. The molecule has 5 nitrogen and oxygen atoms in total. The average molecular weight is 336 g/mol. The van der Waals surface area contributed by atoms with Gasteiger partial charge in [-0.25, -0.2) is 14.8 Å². The molecule has 2 heterocycles. The van der Waals surface area contributed by atoms with Crippen LogP contribution in [0.1, 0.15) is 20.8 Å². The van der Waals surface area contributed by atoms with Gasteiger partial charge in [0.15, 0.2) is 0 Å². The fourth-order valence-electron chi connectivity index (χ4n) is 2.36. The molecule has 1 atom stereocenters. The van der Waals surface area contributed by atoms with E-state index in [1.165, 1.54) is 7.11 Å². The molecule has 0 saturated carbocycles. The summed E-state index contributed by atoms with van der Waals surface area (Å²) in [6.07, 6.45) is 3.40. The maximum atomic E-state index is 12.5. The van der Waals surface area contributed by atoms with Crippen LogP contribution < -0.4 is 4.90 Å². The quantitative estimate of drug-likeness (QED) is 0.781. The van der Waals surface area contributed by atoms with Crippen LogP contribution in [0.4, 0.5) is 11.6 Å². The summed E-state index contributed by atoms with van der Waals surface area (Å²) in [7, 11) is 1.40. The van der Waals surface area contributed by atoms with Gasteiger partial charge in [0, 0.05) is 12.4 Å². The van der Waals surface area contributed by atoms with E-state index in [1.807, 2.05) is 62.1 Å². The maximum Gasteiger partial charge on any atom is 0.332 e. The first-order valence-corrected chi connectivity index (χ1v) is 7.22. The minimum absolute atomic E-state index is 0. The van der Waals surface area contributed by atoms with Crippen molar-refractivity contribution >= 4 is 30.0 Å². The molecule has 0 fully saturated rings. The van der Waals surface area contributed by atoms with Gasteiger partial charge in [0.1, 0.15) is 17.2 Å². The topological polar surface area (TPSA) is 55.3 Å². The molecule has 0 aliphatic carbocycles. The lowest BCUT2D eigenvalue weighted by atomic mass is 9.86. The summed E-state index contributed by atoms with van der Waals surface area (Å²) in [4.78, 5) is 23.2. The summed E-state index contributed by atoms with van der Waals surface area (Å²) >= 11 is 0. The van der Waals surface area contributed by atoms with Gasteiger partial charge in [-0.15, -0.1) is 12.4 Å². The number of pyridine rings is 2. The zero-order valence-corrected chi connectivity index (χ0v) is 14.6. The number of ether oxygens (including phenoxy) is 1. The highest BCUT2D eigenvalue weighted by Gasteiger charge is 2.45. The molecular formula is C17H22ClN3O2. The van der Waals surface area contributed by atoms with Crippen LogP contribution in [0.5, 0.6) is 0 Å². The van der Waals surface area contributed by atoms with Crippen molar-refractivity contribution in [1.82, 2.24) is 9.97 Å². The first-order valence-electron chi connectivity index (χ1n) is 7.22. The van der Waals surface area contributed by atoms with Gasteiger partial charge in [0.05, 0.1) is 7.11 Å². The standard InChI is InChI=1S/C17H21N3O2.ClH/c1-13(2)17(3,16(21)22-4)20(14-9-5-7-11-18-14)15-10-6-8-12-19-15;/h5-13H,1-4H3;1H/t17-;/m0./s1. The summed E-state index contributed by atoms with van der Waals surface area (Å²) in [5.74, 6) is 0.980. The van der Waals surface area contributed by atoms with Crippen LogP contribution in [0, 0.1) is 5.92 Å². The summed E-state index contributed by atoms with van der Waals surface area (Å²) in [5.41, 5.74) is -0.919. The van der Waals surface area contributed by atoms with Crippen molar-refractivity contribution in [1.29, 1.82) is 0 Å². The SMILES string of the molecule is COC(=O)[C@](C)(C(C)C)N(c1ccccn1)c1ccccn1.Cl. The maximum absolute atomic E-state index is 12.5. The van der Waals surface area contributed by atoms with Crippen molar-refractivity contribution in [2.45, 2.75) is 26.3 Å². The van der Waals surface area contributed by atoms with Gasteiger partial charge in [-0.2, -0.15) is 0 Å². The van der Waals surface area contributed by atoms with Crippen LogP contribution in [0.15, 0.2) is 48.8 Å². The smallest absolute Gasteiger partial charge is 0.332 e. The zero-order valence-electron chi connectivity index (χ0n) is 13.8. The Bertz CT molecular complexity index is 583. The van der Waals surface area contributed by atoms with Crippen molar-refractivity contribution in [3.8, 4) is 0 Å². The molecule has 6 heteroatoms. The van der Waals surface area contributed by atoms with Crippen LogP contribution in [0.3, 0.4) is 0 Å². The van der Waals surface area contributed by atoms with E-state index in [0.717, 1.165) is 0 Å². The highest BCUT2D eigenvalue weighted by molar-refractivity contribution is 5.87. The molecule has 0 N–H and O–H groups in total. The molecule has 23 heavy (non-hydrogen) atoms. The number of hydrogen-bond acceptors (Lipinski definition) is 5. The second-order valence-electron chi connectivity index (χ2n) is 5.51. The largest absolute Gasteiger partial charge is 0.467 e. The molecule has 0 aliphatic rings. The van der Waals surface area contributed by atoms with Crippen molar-refractivity contribution < 1.29 is 9.53 Å². The lowest BCUT2D eigenvalue weighted by Crippen LogP contribution is -2.55. The average Bonchev–Trinajstić information content (AvgIpc) is 2.56. The fourth-order valence-corrected chi connectivity index (χ4v) is 2.36. The first-order chi connectivity index (χ1) is 10.5. The molecular weight excluding hydrogens is 314 g/mol. The first kappa shape index (κ1) is 18.9. The monoisotopic (exact) mass is 335 g/mol. The van der Waals surface area contributed by atoms with E-state index in [2.05, 4.69) is 9.97 Å². The van der Waals surface area contributed by atoms with E-state index < -0.39 is 5.54 Å². The van der Waals surface area contributed by atoms with E-state index >= 15 is 0 Å². The number of aromatic nitrogens is 2. The minimum Gasteiger partial charge on any atom is -0.467 e. The highest BCUT2D eigenvalue weighted by atomic mass is 35.5. The van der Waals surface area contributed by atoms with Crippen LogP contribution in [0.2, 0.25) is 0 Å². The molecule has 2 rings (SSSR count). The Morgan fingerprint density at radius 3 is 1.87 bits per heavy atom. The van der Waals surface area contributed by atoms with Gasteiger partial charge in [-0.1, -0.05) is 26.0 Å². The van der Waals surface area contributed by atoms with E-state index in [-0.39, 0.29) is 24.3 Å². The van der Waals surface area contributed by atoms with Crippen molar-refractivity contribution in [2.75, 3.05) is 12.0 Å². The molecule has 0 amide bonds. The Kier molecular flexibility index (Phi) is 6.51. The number of halogens is 1. The van der Waals surface area contributed by atoms with Crippen LogP contribution in [0.25, 0.3) is 0 Å². The normalized spacial score (nSPS) is 12.9. The number of carbonyl (C=O) groups excluding carboxylic acids is 1. The van der Waals surface area contributed by atoms with Gasteiger partial charge in [-0.3, -0.25) is 4.90 Å². The molecule has 0 spiro atoms. The second kappa shape index (κ2) is 7.92. The van der Waals surface area contributed by atoms with Gasteiger partial charge >= 0.3 is 5.97 Å². The van der Waals surface area contributed by atoms with Crippen LogP contribution >= 0.6 is 12.4 Å². The predicted molar refractivity (Wildman–Crippen MR) is 93.1 cm³/mol. The number of rotatable bonds is 5. The molecule has 124 valence electrons. The number of anilines is 2. The number of nitrogens with zero attached hydrogens (tertiary/aromatic N) is 3. The summed E-state index contributed by atoms with van der Waals surface area (Å²) in [6, 6.07) is 11.2. The van der Waals surface area contributed by atoms with Gasteiger partial charge in [0.2, 0.25) is 0 Å². The van der Waals surface area contributed by atoms with Gasteiger partial charge in [-0.05, 0) is 37.1 Å². The van der Waals surface area contributed by atoms with Gasteiger partial charge < -0.3 is 4.74 Å². The predicted octanol–water partition coefficient (Wildman–Crippen LogP) is 3.62. The Labute approximate surface area is 143 Å². The summed E-state index contributed by atoms with van der Waals surface area (Å²) in [6.45, 7) is 5.82. The lowest BCUT2D eigenvalue weighted by molar-refractivity contribution is -0.147. The minimum atomic E-state index is -0.919. The molecule has 2 aromatic rings. The van der Waals surface area contributed by atoms with Crippen molar-refractivity contribution in [2.24, 2.45) is 5.92 Å². The fraction of sp³-hybridized carbons (Fsp3) is 0.353. The number of hydrogen-bond donors (Lipinski definition) is 0. The van der Waals surface area contributed by atoms with Crippen LogP contribution in [-0.4, -0.2) is 28.6 Å². The summed E-state index contributed by atoms with van der Waals surface area (Å²) < 4.78 is 5.06. The molecule has 0 aliphatic heterocycles. The third-order valence-electron chi connectivity index (χ3n) is 3.94. The third-order valence-corrected chi connectivity index (χ3v) is 3.94. The van der Waals surface area contributed by atoms with E-state index in [4.69, 9.17) is 4.74 Å². The summed E-state index contributed by atoms with van der Waals surface area (Å²) in [5, 5.41) is 0. The number of esters is 1. The molecule has 0 unspecified atom stereocenters. The Hall–Kier alpha value is -2.14. The van der Waals surface area contributed by atoms with Crippen molar-refractivity contribution in [3.63, 3.8) is 0 Å². The number of carbonyl (C=O) groups is 1. The molecule has 0 bridgehead atoms. The van der Waals surface area contributed by atoms with E-state index in [1.54, 1.807) is 12.4 Å². The van der Waals surface area contributed by atoms with E-state index in [0.29, 0.717) is 11.6 Å². The molecule has 2 aromatic heterocycles.